The summed E-state index contributed by atoms with van der Waals surface area (Å²) < 4.78 is 13.7. The standard InChI is InChI=1S/C13H10BrFN2O2/c14-12-5-4-9(6-13(12)15)8-16-10-2-1-3-11(7-10)17(18)19/h1-7,16H,8H2. The Hall–Kier alpha value is -1.95. The lowest BCUT2D eigenvalue weighted by atomic mass is 10.2. The van der Waals surface area contributed by atoms with Gasteiger partial charge in [-0.25, -0.2) is 4.39 Å². The number of hydrogen-bond acceptors (Lipinski definition) is 3. The molecule has 0 bridgehead atoms. The van der Waals surface area contributed by atoms with Gasteiger partial charge in [0.25, 0.3) is 5.69 Å². The van der Waals surface area contributed by atoms with E-state index >= 15 is 0 Å². The van der Waals surface area contributed by atoms with Crippen molar-refractivity contribution in [3.8, 4) is 0 Å². The molecule has 0 saturated heterocycles. The summed E-state index contributed by atoms with van der Waals surface area (Å²) in [6, 6.07) is 11.0. The molecule has 0 aliphatic carbocycles. The molecule has 0 aromatic heterocycles. The van der Waals surface area contributed by atoms with Gasteiger partial charge in [-0.2, -0.15) is 0 Å². The highest BCUT2D eigenvalue weighted by molar-refractivity contribution is 9.10. The van der Waals surface area contributed by atoms with Crippen molar-refractivity contribution in [2.75, 3.05) is 5.32 Å². The topological polar surface area (TPSA) is 55.2 Å². The second-order valence-electron chi connectivity index (χ2n) is 3.91. The average molecular weight is 325 g/mol. The maximum absolute atomic E-state index is 13.3. The highest BCUT2D eigenvalue weighted by Gasteiger charge is 2.05. The van der Waals surface area contributed by atoms with Crippen molar-refractivity contribution >= 4 is 27.3 Å². The number of non-ortho nitro benzene ring substituents is 1. The summed E-state index contributed by atoms with van der Waals surface area (Å²) in [4.78, 5) is 10.2. The van der Waals surface area contributed by atoms with E-state index in [1.807, 2.05) is 0 Å². The Bertz CT molecular complexity index is 619. The molecule has 2 rings (SSSR count). The van der Waals surface area contributed by atoms with Gasteiger partial charge >= 0.3 is 0 Å². The first-order chi connectivity index (χ1) is 9.06. The molecule has 0 spiro atoms. The third-order valence-corrected chi connectivity index (χ3v) is 3.18. The van der Waals surface area contributed by atoms with Crippen molar-refractivity contribution in [3.63, 3.8) is 0 Å². The van der Waals surface area contributed by atoms with E-state index in [0.717, 1.165) is 5.56 Å². The lowest BCUT2D eigenvalue weighted by Crippen LogP contribution is -2.00. The van der Waals surface area contributed by atoms with Crippen LogP contribution in [0.3, 0.4) is 0 Å². The molecule has 19 heavy (non-hydrogen) atoms. The van der Waals surface area contributed by atoms with E-state index in [2.05, 4.69) is 21.2 Å². The Morgan fingerprint density at radius 3 is 2.74 bits per heavy atom. The van der Waals surface area contributed by atoms with E-state index in [9.17, 15) is 14.5 Å². The van der Waals surface area contributed by atoms with Gasteiger partial charge in [-0.15, -0.1) is 0 Å². The van der Waals surface area contributed by atoms with Crippen LogP contribution in [0.25, 0.3) is 0 Å². The fourth-order valence-electron chi connectivity index (χ4n) is 1.58. The van der Waals surface area contributed by atoms with Gasteiger partial charge in [-0.3, -0.25) is 10.1 Å². The summed E-state index contributed by atoms with van der Waals surface area (Å²) in [7, 11) is 0. The number of nitrogens with zero attached hydrogens (tertiary/aromatic N) is 1. The zero-order valence-corrected chi connectivity index (χ0v) is 11.4. The average Bonchev–Trinajstić information content (AvgIpc) is 2.40. The Morgan fingerprint density at radius 1 is 1.26 bits per heavy atom. The van der Waals surface area contributed by atoms with E-state index in [1.54, 1.807) is 24.3 Å². The molecule has 0 amide bonds. The maximum atomic E-state index is 13.3. The second-order valence-corrected chi connectivity index (χ2v) is 4.76. The van der Waals surface area contributed by atoms with Crippen molar-refractivity contribution in [3.05, 3.63) is 68.4 Å². The highest BCUT2D eigenvalue weighted by atomic mass is 79.9. The summed E-state index contributed by atoms with van der Waals surface area (Å²) >= 11 is 3.08. The predicted molar refractivity (Wildman–Crippen MR) is 74.5 cm³/mol. The molecule has 2 aromatic carbocycles. The largest absolute Gasteiger partial charge is 0.381 e. The van der Waals surface area contributed by atoms with Gasteiger partial charge < -0.3 is 5.32 Å². The number of benzene rings is 2. The number of nitro groups is 1. The van der Waals surface area contributed by atoms with E-state index in [0.29, 0.717) is 16.7 Å². The van der Waals surface area contributed by atoms with Gasteiger partial charge in [0.15, 0.2) is 0 Å². The smallest absolute Gasteiger partial charge is 0.271 e. The van der Waals surface area contributed by atoms with Gasteiger partial charge in [-0.1, -0.05) is 12.1 Å². The summed E-state index contributed by atoms with van der Waals surface area (Å²) in [5, 5.41) is 13.6. The van der Waals surface area contributed by atoms with Crippen molar-refractivity contribution in [2.45, 2.75) is 6.54 Å². The molecule has 0 aliphatic rings. The van der Waals surface area contributed by atoms with Crippen molar-refractivity contribution in [1.29, 1.82) is 0 Å². The van der Waals surface area contributed by atoms with Crippen molar-refractivity contribution in [1.82, 2.24) is 0 Å². The number of halogens is 2. The van der Waals surface area contributed by atoms with Crippen LogP contribution in [0.2, 0.25) is 0 Å². The molecular weight excluding hydrogens is 315 g/mol. The lowest BCUT2D eigenvalue weighted by molar-refractivity contribution is -0.384. The first-order valence-electron chi connectivity index (χ1n) is 5.48. The van der Waals surface area contributed by atoms with Gasteiger partial charge in [0.05, 0.1) is 9.40 Å². The Labute approximate surface area is 117 Å². The SMILES string of the molecule is O=[N+]([O-])c1cccc(NCc2ccc(Br)c(F)c2)c1. The Morgan fingerprint density at radius 2 is 2.05 bits per heavy atom. The van der Waals surface area contributed by atoms with Crippen LogP contribution in [0.1, 0.15) is 5.56 Å². The summed E-state index contributed by atoms with van der Waals surface area (Å²) in [5.74, 6) is -0.335. The number of hydrogen-bond donors (Lipinski definition) is 1. The van der Waals surface area contributed by atoms with Gasteiger partial charge in [0.2, 0.25) is 0 Å². The van der Waals surface area contributed by atoms with Crippen LogP contribution in [-0.4, -0.2) is 4.92 Å². The molecule has 0 aliphatic heterocycles. The van der Waals surface area contributed by atoms with E-state index < -0.39 is 4.92 Å². The Kier molecular flexibility index (Phi) is 4.11. The molecule has 0 heterocycles. The molecule has 4 nitrogen and oxygen atoms in total. The lowest BCUT2D eigenvalue weighted by Gasteiger charge is -2.07. The molecule has 2 aromatic rings. The third kappa shape index (κ3) is 3.51. The van der Waals surface area contributed by atoms with Crippen LogP contribution in [-0.2, 0) is 6.54 Å². The third-order valence-electron chi connectivity index (χ3n) is 2.54. The number of anilines is 1. The van der Waals surface area contributed by atoms with Crippen LogP contribution in [0.4, 0.5) is 15.8 Å². The molecule has 0 unspecified atom stereocenters. The molecule has 1 N–H and O–H groups in total. The number of nitrogens with one attached hydrogen (secondary N) is 1. The van der Waals surface area contributed by atoms with Crippen LogP contribution in [0.5, 0.6) is 0 Å². The number of nitro benzene ring substituents is 1. The number of rotatable bonds is 4. The zero-order chi connectivity index (χ0) is 13.8. The van der Waals surface area contributed by atoms with Crippen molar-refractivity contribution in [2.24, 2.45) is 0 Å². The summed E-state index contributed by atoms with van der Waals surface area (Å²) in [5.41, 5.74) is 1.40. The van der Waals surface area contributed by atoms with Crippen LogP contribution in [0.15, 0.2) is 46.9 Å². The normalized spacial score (nSPS) is 10.2. The first kappa shape index (κ1) is 13.5. The first-order valence-corrected chi connectivity index (χ1v) is 6.28. The molecule has 98 valence electrons. The minimum absolute atomic E-state index is 0.0204. The Balaban J connectivity index is 2.07. The molecule has 0 atom stereocenters. The molecule has 0 fully saturated rings. The van der Waals surface area contributed by atoms with Crippen LogP contribution >= 0.6 is 15.9 Å². The monoisotopic (exact) mass is 324 g/mol. The molecule has 0 saturated carbocycles. The summed E-state index contributed by atoms with van der Waals surface area (Å²) in [6.45, 7) is 0.394. The molecule has 6 heteroatoms. The van der Waals surface area contributed by atoms with E-state index in [-0.39, 0.29) is 11.5 Å². The maximum Gasteiger partial charge on any atom is 0.271 e. The van der Waals surface area contributed by atoms with Gasteiger partial charge in [0.1, 0.15) is 5.82 Å². The van der Waals surface area contributed by atoms with E-state index in [4.69, 9.17) is 0 Å². The molecular formula is C13H10BrFN2O2. The second kappa shape index (κ2) is 5.79. The fourth-order valence-corrected chi connectivity index (χ4v) is 1.83. The van der Waals surface area contributed by atoms with Crippen LogP contribution in [0, 0.1) is 15.9 Å². The van der Waals surface area contributed by atoms with Gasteiger partial charge in [0, 0.05) is 24.4 Å². The van der Waals surface area contributed by atoms with Gasteiger partial charge in [-0.05, 0) is 39.7 Å². The van der Waals surface area contributed by atoms with E-state index in [1.165, 1.54) is 18.2 Å². The van der Waals surface area contributed by atoms with Crippen LogP contribution < -0.4 is 5.32 Å². The fraction of sp³-hybridized carbons (Fsp3) is 0.0769. The minimum Gasteiger partial charge on any atom is -0.381 e. The zero-order valence-electron chi connectivity index (χ0n) is 9.77. The highest BCUT2D eigenvalue weighted by Crippen LogP contribution is 2.19. The van der Waals surface area contributed by atoms with Crippen molar-refractivity contribution < 1.29 is 9.31 Å². The quantitative estimate of drug-likeness (QED) is 0.680. The summed E-state index contributed by atoms with van der Waals surface area (Å²) in [6.07, 6.45) is 0. The predicted octanol–water partition coefficient (Wildman–Crippen LogP) is 4.11. The molecule has 0 radical (unpaired) electrons. The minimum atomic E-state index is -0.454.